The molecule has 0 radical (unpaired) electrons. The van der Waals surface area contributed by atoms with Gasteiger partial charge < -0.3 is 19.7 Å². The molecule has 1 aliphatic heterocycles. The Balaban J connectivity index is 1.33. The molecule has 0 aromatic heterocycles. The number of benzene rings is 2. The third kappa shape index (κ3) is 7.10. The lowest BCUT2D eigenvalue weighted by molar-refractivity contribution is -0.118. The highest BCUT2D eigenvalue weighted by Crippen LogP contribution is 2.29. The van der Waals surface area contributed by atoms with Gasteiger partial charge in [0, 0.05) is 18.5 Å². The number of hydrogen-bond donors (Lipinski definition) is 1. The number of amides is 1. The van der Waals surface area contributed by atoms with Gasteiger partial charge in [-0.3, -0.25) is 9.59 Å². The standard InChI is InChI=1S/C25H32N2O4/c1-3-30-21-9-7-8-19(16-21)13-15-27(2)14-6-4-5-10-23(28)20-11-12-24-22(17-20)26-25(29)18-31-24/h7-9,11-12,16-17H,3-6,10,13-15,18H2,1-2H3,(H,26,29). The molecule has 6 nitrogen and oxygen atoms in total. The number of likely N-dealkylation sites (N-methyl/N-ethyl adjacent to an activating group) is 1. The zero-order valence-electron chi connectivity index (χ0n) is 18.5. The summed E-state index contributed by atoms with van der Waals surface area (Å²) in [6.07, 6.45) is 4.45. The third-order valence-corrected chi connectivity index (χ3v) is 5.37. The molecule has 2 aromatic carbocycles. The molecular weight excluding hydrogens is 392 g/mol. The number of nitrogens with one attached hydrogen (secondary N) is 1. The van der Waals surface area contributed by atoms with Crippen LogP contribution in [0.4, 0.5) is 5.69 Å². The molecule has 166 valence electrons. The molecule has 0 atom stereocenters. The van der Waals surface area contributed by atoms with E-state index in [4.69, 9.17) is 9.47 Å². The van der Waals surface area contributed by atoms with Crippen molar-refractivity contribution in [1.29, 1.82) is 0 Å². The Kier molecular flexibility index (Phi) is 8.47. The lowest BCUT2D eigenvalue weighted by atomic mass is 10.0. The van der Waals surface area contributed by atoms with E-state index in [0.29, 0.717) is 30.0 Å². The van der Waals surface area contributed by atoms with Crippen LogP contribution in [0.25, 0.3) is 0 Å². The lowest BCUT2D eigenvalue weighted by Crippen LogP contribution is -2.25. The number of anilines is 1. The van der Waals surface area contributed by atoms with Crippen LogP contribution in [0.15, 0.2) is 42.5 Å². The van der Waals surface area contributed by atoms with Crippen LogP contribution >= 0.6 is 0 Å². The summed E-state index contributed by atoms with van der Waals surface area (Å²) < 4.78 is 10.9. The fourth-order valence-electron chi connectivity index (χ4n) is 3.63. The normalized spacial score (nSPS) is 12.8. The molecule has 0 saturated heterocycles. The number of Topliss-reactive ketones (excluding diaryl/α,β-unsaturated/α-hetero) is 1. The highest BCUT2D eigenvalue weighted by Gasteiger charge is 2.17. The van der Waals surface area contributed by atoms with Gasteiger partial charge in [0.05, 0.1) is 12.3 Å². The Morgan fingerprint density at radius 1 is 1.13 bits per heavy atom. The summed E-state index contributed by atoms with van der Waals surface area (Å²) in [7, 11) is 2.14. The SMILES string of the molecule is CCOc1cccc(CCN(C)CCCCCC(=O)c2ccc3c(c2)NC(=O)CO3)c1. The van der Waals surface area contributed by atoms with Crippen molar-refractivity contribution in [3.05, 3.63) is 53.6 Å². The largest absolute Gasteiger partial charge is 0.494 e. The van der Waals surface area contributed by atoms with Crippen LogP contribution in [0.2, 0.25) is 0 Å². The summed E-state index contributed by atoms with van der Waals surface area (Å²) in [4.78, 5) is 26.2. The van der Waals surface area contributed by atoms with Gasteiger partial charge in [0.15, 0.2) is 12.4 Å². The van der Waals surface area contributed by atoms with Crippen molar-refractivity contribution in [3.8, 4) is 11.5 Å². The van der Waals surface area contributed by atoms with Gasteiger partial charge in [0.1, 0.15) is 11.5 Å². The summed E-state index contributed by atoms with van der Waals surface area (Å²) >= 11 is 0. The smallest absolute Gasteiger partial charge is 0.262 e. The molecule has 1 heterocycles. The molecule has 1 aliphatic rings. The minimum absolute atomic E-state index is 0.0222. The van der Waals surface area contributed by atoms with Crippen LogP contribution in [0.1, 0.15) is 48.5 Å². The molecule has 2 aromatic rings. The minimum Gasteiger partial charge on any atom is -0.494 e. The van der Waals surface area contributed by atoms with Crippen molar-refractivity contribution in [2.24, 2.45) is 0 Å². The molecule has 0 bridgehead atoms. The van der Waals surface area contributed by atoms with Crippen LogP contribution in [0.3, 0.4) is 0 Å². The Labute approximate surface area is 184 Å². The van der Waals surface area contributed by atoms with Gasteiger partial charge in [0.2, 0.25) is 0 Å². The second-order valence-corrected chi connectivity index (χ2v) is 7.92. The number of fused-ring (bicyclic) bond motifs is 1. The van der Waals surface area contributed by atoms with E-state index in [1.54, 1.807) is 18.2 Å². The van der Waals surface area contributed by atoms with Crippen LogP contribution in [-0.4, -0.2) is 49.9 Å². The quantitative estimate of drug-likeness (QED) is 0.406. The van der Waals surface area contributed by atoms with E-state index in [-0.39, 0.29) is 18.3 Å². The molecular formula is C25H32N2O4. The lowest BCUT2D eigenvalue weighted by Gasteiger charge is -2.18. The van der Waals surface area contributed by atoms with Crippen molar-refractivity contribution in [2.45, 2.75) is 39.0 Å². The van der Waals surface area contributed by atoms with Gasteiger partial charge >= 0.3 is 0 Å². The van der Waals surface area contributed by atoms with Crippen molar-refractivity contribution in [2.75, 3.05) is 38.7 Å². The number of carbonyl (C=O) groups excluding carboxylic acids is 2. The molecule has 0 aliphatic carbocycles. The summed E-state index contributed by atoms with van der Waals surface area (Å²) in [6.45, 7) is 4.71. The predicted molar refractivity (Wildman–Crippen MR) is 122 cm³/mol. The van der Waals surface area contributed by atoms with E-state index in [1.807, 2.05) is 19.1 Å². The van der Waals surface area contributed by atoms with Crippen LogP contribution < -0.4 is 14.8 Å². The molecule has 0 saturated carbocycles. The monoisotopic (exact) mass is 424 g/mol. The van der Waals surface area contributed by atoms with E-state index >= 15 is 0 Å². The number of ketones is 1. The van der Waals surface area contributed by atoms with Crippen LogP contribution in [0.5, 0.6) is 11.5 Å². The molecule has 0 fully saturated rings. The first-order chi connectivity index (χ1) is 15.0. The van der Waals surface area contributed by atoms with E-state index in [9.17, 15) is 9.59 Å². The molecule has 1 amide bonds. The zero-order valence-corrected chi connectivity index (χ0v) is 18.5. The molecule has 0 spiro atoms. The average molecular weight is 425 g/mol. The number of carbonyl (C=O) groups is 2. The molecule has 1 N–H and O–H groups in total. The Bertz CT molecular complexity index is 897. The zero-order chi connectivity index (χ0) is 22.1. The molecule has 31 heavy (non-hydrogen) atoms. The topological polar surface area (TPSA) is 67.9 Å². The Hall–Kier alpha value is -2.86. The predicted octanol–water partition coefficient (Wildman–Crippen LogP) is 4.33. The second kappa shape index (κ2) is 11.5. The van der Waals surface area contributed by atoms with Crippen molar-refractivity contribution < 1.29 is 19.1 Å². The Morgan fingerprint density at radius 3 is 2.84 bits per heavy atom. The van der Waals surface area contributed by atoms with E-state index < -0.39 is 0 Å². The maximum atomic E-state index is 12.5. The van der Waals surface area contributed by atoms with Gasteiger partial charge in [0.25, 0.3) is 5.91 Å². The van der Waals surface area contributed by atoms with Crippen LogP contribution in [0, 0.1) is 0 Å². The average Bonchev–Trinajstić information content (AvgIpc) is 2.77. The van der Waals surface area contributed by atoms with Crippen molar-refractivity contribution in [3.63, 3.8) is 0 Å². The number of nitrogens with zero attached hydrogens (tertiary/aromatic N) is 1. The summed E-state index contributed by atoms with van der Waals surface area (Å²) in [5, 5.41) is 2.75. The maximum Gasteiger partial charge on any atom is 0.262 e. The van der Waals surface area contributed by atoms with Gasteiger partial charge in [-0.25, -0.2) is 0 Å². The minimum atomic E-state index is -0.191. The van der Waals surface area contributed by atoms with Crippen molar-refractivity contribution >= 4 is 17.4 Å². The first-order valence-electron chi connectivity index (χ1n) is 11.1. The molecule has 0 unspecified atom stereocenters. The highest BCUT2D eigenvalue weighted by atomic mass is 16.5. The van der Waals surface area contributed by atoms with E-state index in [1.165, 1.54) is 5.56 Å². The fourth-order valence-corrected chi connectivity index (χ4v) is 3.63. The van der Waals surface area contributed by atoms with Gasteiger partial charge in [-0.1, -0.05) is 18.6 Å². The maximum absolute atomic E-state index is 12.5. The third-order valence-electron chi connectivity index (χ3n) is 5.37. The molecule has 3 rings (SSSR count). The first-order valence-corrected chi connectivity index (χ1v) is 11.1. The molecule has 6 heteroatoms. The Morgan fingerprint density at radius 2 is 2.00 bits per heavy atom. The van der Waals surface area contributed by atoms with E-state index in [0.717, 1.165) is 44.5 Å². The first kappa shape index (κ1) is 22.8. The number of ether oxygens (including phenoxy) is 2. The van der Waals surface area contributed by atoms with Gasteiger partial charge in [-0.2, -0.15) is 0 Å². The number of rotatable bonds is 12. The summed E-state index contributed by atoms with van der Waals surface area (Å²) in [5.41, 5.74) is 2.49. The van der Waals surface area contributed by atoms with E-state index in [2.05, 4.69) is 29.4 Å². The number of hydrogen-bond acceptors (Lipinski definition) is 5. The number of unbranched alkanes of at least 4 members (excludes halogenated alkanes) is 2. The summed E-state index contributed by atoms with van der Waals surface area (Å²) in [6, 6.07) is 13.5. The van der Waals surface area contributed by atoms with Crippen LogP contribution in [-0.2, 0) is 11.2 Å². The van der Waals surface area contributed by atoms with Crippen molar-refractivity contribution in [1.82, 2.24) is 4.90 Å². The fraction of sp³-hybridized carbons (Fsp3) is 0.440. The summed E-state index contributed by atoms with van der Waals surface area (Å²) in [5.74, 6) is 1.46. The second-order valence-electron chi connectivity index (χ2n) is 7.92. The van der Waals surface area contributed by atoms with Gasteiger partial charge in [-0.15, -0.1) is 0 Å². The van der Waals surface area contributed by atoms with Gasteiger partial charge in [-0.05, 0) is 75.7 Å². The highest BCUT2D eigenvalue weighted by molar-refractivity contribution is 6.00.